The molecule has 1 aliphatic rings. The van der Waals surface area contributed by atoms with E-state index in [9.17, 15) is 4.79 Å². The third kappa shape index (κ3) is 5.50. The van der Waals surface area contributed by atoms with Crippen LogP contribution in [0, 0.1) is 0 Å². The van der Waals surface area contributed by atoms with E-state index in [4.69, 9.17) is 0 Å². The fraction of sp³-hybridized carbons (Fsp3) is 0.500. The molecule has 94 valence electrons. The van der Waals surface area contributed by atoms with Crippen LogP contribution in [0.1, 0.15) is 24.3 Å². The van der Waals surface area contributed by atoms with E-state index in [0.717, 1.165) is 12.3 Å². The summed E-state index contributed by atoms with van der Waals surface area (Å²) in [6, 6.07) is 10.9. The minimum absolute atomic E-state index is 0.750. The van der Waals surface area contributed by atoms with Crippen LogP contribution in [0.25, 0.3) is 0 Å². The Hall–Kier alpha value is -1.35. The van der Waals surface area contributed by atoms with Crippen LogP contribution in [-0.4, -0.2) is 38.5 Å². The summed E-state index contributed by atoms with van der Waals surface area (Å²) in [7, 11) is 3.38. The molecule has 1 fully saturated rings. The molecule has 0 atom stereocenters. The van der Waals surface area contributed by atoms with Gasteiger partial charge in [-0.05, 0) is 37.4 Å². The molecule has 0 saturated carbocycles. The van der Waals surface area contributed by atoms with Gasteiger partial charge in [0, 0.05) is 14.1 Å². The second kappa shape index (κ2) is 7.85. The SMILES string of the molecule is CN(C)C=O.c1ccc(C2CCNCC2)cc1. The lowest BCUT2D eigenvalue weighted by atomic mass is 9.90. The number of piperidine rings is 1. The lowest BCUT2D eigenvalue weighted by Gasteiger charge is -2.22. The highest BCUT2D eigenvalue weighted by atomic mass is 16.1. The van der Waals surface area contributed by atoms with Gasteiger partial charge in [-0.25, -0.2) is 0 Å². The Morgan fingerprint density at radius 3 is 2.18 bits per heavy atom. The topological polar surface area (TPSA) is 32.3 Å². The van der Waals surface area contributed by atoms with E-state index in [-0.39, 0.29) is 0 Å². The van der Waals surface area contributed by atoms with Crippen molar-refractivity contribution in [3.05, 3.63) is 35.9 Å². The molecule has 0 unspecified atom stereocenters. The average molecular weight is 234 g/mol. The predicted molar refractivity (Wildman–Crippen MR) is 71.0 cm³/mol. The molecule has 1 heterocycles. The van der Waals surface area contributed by atoms with Crippen LogP contribution in [0.4, 0.5) is 0 Å². The Bertz CT molecular complexity index is 305. The third-order valence-electron chi connectivity index (χ3n) is 2.82. The van der Waals surface area contributed by atoms with Gasteiger partial charge in [0.25, 0.3) is 0 Å². The van der Waals surface area contributed by atoms with Gasteiger partial charge in [0.15, 0.2) is 0 Å². The predicted octanol–water partition coefficient (Wildman–Crippen LogP) is 1.86. The summed E-state index contributed by atoms with van der Waals surface area (Å²) in [6.07, 6.45) is 3.34. The van der Waals surface area contributed by atoms with E-state index in [1.54, 1.807) is 14.1 Å². The molecule has 1 aromatic carbocycles. The fourth-order valence-electron chi connectivity index (χ4n) is 1.88. The zero-order chi connectivity index (χ0) is 12.5. The van der Waals surface area contributed by atoms with Crippen molar-refractivity contribution in [2.24, 2.45) is 0 Å². The first kappa shape index (κ1) is 13.7. The number of hydrogen-bond acceptors (Lipinski definition) is 2. The summed E-state index contributed by atoms with van der Waals surface area (Å²) < 4.78 is 0. The van der Waals surface area contributed by atoms with Crippen LogP contribution in [0.15, 0.2) is 30.3 Å². The number of nitrogens with zero attached hydrogens (tertiary/aromatic N) is 1. The Labute approximate surface area is 104 Å². The molecule has 0 aliphatic carbocycles. The minimum atomic E-state index is 0.750. The van der Waals surface area contributed by atoms with Crippen molar-refractivity contribution in [3.63, 3.8) is 0 Å². The highest BCUT2D eigenvalue weighted by Gasteiger charge is 2.13. The summed E-state index contributed by atoms with van der Waals surface area (Å²) in [6.45, 7) is 2.36. The van der Waals surface area contributed by atoms with Gasteiger partial charge in [-0.2, -0.15) is 0 Å². The first-order valence-electron chi connectivity index (χ1n) is 6.11. The number of nitrogens with one attached hydrogen (secondary N) is 1. The molecule has 1 amide bonds. The molecule has 1 aliphatic heterocycles. The second-order valence-electron chi connectivity index (χ2n) is 4.50. The highest BCUT2D eigenvalue weighted by Crippen LogP contribution is 2.24. The highest BCUT2D eigenvalue weighted by molar-refractivity contribution is 5.45. The Morgan fingerprint density at radius 2 is 1.71 bits per heavy atom. The molecule has 2 rings (SSSR count). The normalized spacial score (nSPS) is 15.6. The quantitative estimate of drug-likeness (QED) is 0.792. The lowest BCUT2D eigenvalue weighted by molar-refractivity contribution is -0.115. The van der Waals surface area contributed by atoms with E-state index in [0.29, 0.717) is 0 Å². The van der Waals surface area contributed by atoms with Crippen molar-refractivity contribution in [2.45, 2.75) is 18.8 Å². The minimum Gasteiger partial charge on any atom is -0.351 e. The van der Waals surface area contributed by atoms with Gasteiger partial charge in [0.05, 0.1) is 0 Å². The third-order valence-corrected chi connectivity index (χ3v) is 2.82. The second-order valence-corrected chi connectivity index (χ2v) is 4.50. The molecule has 0 radical (unpaired) electrons. The maximum atomic E-state index is 9.43. The van der Waals surface area contributed by atoms with E-state index >= 15 is 0 Å². The monoisotopic (exact) mass is 234 g/mol. The molecule has 1 N–H and O–H groups in total. The van der Waals surface area contributed by atoms with E-state index in [1.165, 1.54) is 36.4 Å². The number of carbonyl (C=O) groups excluding carboxylic acids is 1. The Balaban J connectivity index is 0.000000249. The van der Waals surface area contributed by atoms with E-state index < -0.39 is 0 Å². The summed E-state index contributed by atoms with van der Waals surface area (Å²) in [5, 5.41) is 3.38. The van der Waals surface area contributed by atoms with Gasteiger partial charge in [-0.1, -0.05) is 30.3 Å². The number of carbonyl (C=O) groups is 1. The van der Waals surface area contributed by atoms with Crippen molar-refractivity contribution in [2.75, 3.05) is 27.2 Å². The molecule has 1 saturated heterocycles. The molecule has 17 heavy (non-hydrogen) atoms. The van der Waals surface area contributed by atoms with Crippen LogP contribution in [0.2, 0.25) is 0 Å². The van der Waals surface area contributed by atoms with Crippen molar-refractivity contribution >= 4 is 6.41 Å². The average Bonchev–Trinajstić information content (AvgIpc) is 2.41. The van der Waals surface area contributed by atoms with Crippen LogP contribution >= 0.6 is 0 Å². The number of amides is 1. The van der Waals surface area contributed by atoms with Gasteiger partial charge in [-0.15, -0.1) is 0 Å². The number of benzene rings is 1. The molecule has 0 aromatic heterocycles. The fourth-order valence-corrected chi connectivity index (χ4v) is 1.88. The molecular formula is C14H22N2O. The summed E-state index contributed by atoms with van der Waals surface area (Å²) >= 11 is 0. The molecule has 0 spiro atoms. The van der Waals surface area contributed by atoms with E-state index in [2.05, 4.69) is 35.6 Å². The summed E-state index contributed by atoms with van der Waals surface area (Å²) in [4.78, 5) is 10.9. The molecule has 3 nitrogen and oxygen atoms in total. The zero-order valence-corrected chi connectivity index (χ0v) is 10.7. The first-order valence-corrected chi connectivity index (χ1v) is 6.11. The van der Waals surface area contributed by atoms with Gasteiger partial charge in [0.1, 0.15) is 0 Å². The van der Waals surface area contributed by atoms with Crippen LogP contribution in [-0.2, 0) is 4.79 Å². The molecule has 3 heteroatoms. The lowest BCUT2D eigenvalue weighted by Crippen LogP contribution is -2.26. The number of rotatable bonds is 2. The van der Waals surface area contributed by atoms with Crippen molar-refractivity contribution in [3.8, 4) is 0 Å². The largest absolute Gasteiger partial charge is 0.351 e. The Morgan fingerprint density at radius 1 is 1.18 bits per heavy atom. The maximum Gasteiger partial charge on any atom is 0.209 e. The summed E-state index contributed by atoms with van der Waals surface area (Å²) in [5.74, 6) is 0.799. The number of hydrogen-bond donors (Lipinski definition) is 1. The standard InChI is InChI=1S/C11H15N.C3H7NO/c1-2-4-10(5-3-1)11-6-8-12-9-7-11;1-4(2)3-5/h1-5,11-12H,6-9H2;3H,1-2H3. The Kier molecular flexibility index (Phi) is 6.33. The summed E-state index contributed by atoms with van der Waals surface area (Å²) in [5.41, 5.74) is 1.51. The van der Waals surface area contributed by atoms with Crippen molar-refractivity contribution < 1.29 is 4.79 Å². The van der Waals surface area contributed by atoms with Crippen LogP contribution in [0.3, 0.4) is 0 Å². The smallest absolute Gasteiger partial charge is 0.209 e. The first-order chi connectivity index (χ1) is 8.24. The molecule has 0 bridgehead atoms. The zero-order valence-electron chi connectivity index (χ0n) is 10.7. The van der Waals surface area contributed by atoms with Gasteiger partial charge >= 0.3 is 0 Å². The van der Waals surface area contributed by atoms with E-state index in [1.807, 2.05) is 0 Å². The van der Waals surface area contributed by atoms with Gasteiger partial charge < -0.3 is 10.2 Å². The maximum absolute atomic E-state index is 9.43. The van der Waals surface area contributed by atoms with Gasteiger partial charge in [0.2, 0.25) is 6.41 Å². The molecule has 1 aromatic rings. The molecular weight excluding hydrogens is 212 g/mol. The van der Waals surface area contributed by atoms with Crippen LogP contribution in [0.5, 0.6) is 0 Å². The van der Waals surface area contributed by atoms with Gasteiger partial charge in [-0.3, -0.25) is 4.79 Å². The van der Waals surface area contributed by atoms with Crippen molar-refractivity contribution in [1.82, 2.24) is 10.2 Å². The van der Waals surface area contributed by atoms with Crippen LogP contribution < -0.4 is 5.32 Å². The van der Waals surface area contributed by atoms with Crippen molar-refractivity contribution in [1.29, 1.82) is 0 Å².